The number of fused-ring (bicyclic) bond motifs is 1. The lowest BCUT2D eigenvalue weighted by Crippen LogP contribution is -2.19. The van der Waals surface area contributed by atoms with Crippen molar-refractivity contribution in [2.75, 3.05) is 6.61 Å². The first-order chi connectivity index (χ1) is 9.51. The van der Waals surface area contributed by atoms with Crippen LogP contribution in [0.2, 0.25) is 0 Å². The van der Waals surface area contributed by atoms with Crippen LogP contribution in [0.3, 0.4) is 0 Å². The Kier molecular flexibility index (Phi) is 4.34. The molecule has 104 valence electrons. The van der Waals surface area contributed by atoms with Gasteiger partial charge in [-0.25, -0.2) is 4.79 Å². The Hall–Kier alpha value is -1.95. The summed E-state index contributed by atoms with van der Waals surface area (Å²) in [5.41, 5.74) is 0.625. The lowest BCUT2D eigenvalue weighted by molar-refractivity contribution is -0.116. The number of rotatable bonds is 2. The Balaban J connectivity index is 2.73. The summed E-state index contributed by atoms with van der Waals surface area (Å²) in [7, 11) is 0. The monoisotopic (exact) mass is 337 g/mol. The summed E-state index contributed by atoms with van der Waals surface area (Å²) in [4.78, 5) is 26.8. The Morgan fingerprint density at radius 2 is 2.10 bits per heavy atom. The van der Waals surface area contributed by atoms with E-state index in [1.807, 2.05) is 0 Å². The van der Waals surface area contributed by atoms with Crippen LogP contribution in [0.1, 0.15) is 24.2 Å². The highest BCUT2D eigenvalue weighted by Crippen LogP contribution is 2.19. The van der Waals surface area contributed by atoms with Gasteiger partial charge in [-0.1, -0.05) is 15.9 Å². The van der Waals surface area contributed by atoms with E-state index in [4.69, 9.17) is 9.15 Å². The Labute approximate surface area is 123 Å². The van der Waals surface area contributed by atoms with Crippen molar-refractivity contribution in [3.63, 3.8) is 0 Å². The van der Waals surface area contributed by atoms with Gasteiger partial charge in [0.15, 0.2) is 0 Å². The zero-order chi connectivity index (χ0) is 14.7. The van der Waals surface area contributed by atoms with Crippen LogP contribution in [-0.4, -0.2) is 18.5 Å². The zero-order valence-electron chi connectivity index (χ0n) is 11.0. The zero-order valence-corrected chi connectivity index (χ0v) is 12.6. The van der Waals surface area contributed by atoms with Crippen LogP contribution in [0.4, 0.5) is 0 Å². The third kappa shape index (κ3) is 3.14. The van der Waals surface area contributed by atoms with Gasteiger partial charge in [0.05, 0.1) is 6.61 Å². The van der Waals surface area contributed by atoms with E-state index in [0.29, 0.717) is 11.0 Å². The van der Waals surface area contributed by atoms with E-state index in [9.17, 15) is 9.59 Å². The number of carbonyl (C=O) groups excluding carboxylic acids is 2. The summed E-state index contributed by atoms with van der Waals surface area (Å²) in [6, 6.07) is 6.93. The summed E-state index contributed by atoms with van der Waals surface area (Å²) in [6.45, 7) is 3.22. The first-order valence-electron chi connectivity index (χ1n) is 5.97. The van der Waals surface area contributed by atoms with Crippen LogP contribution in [-0.2, 0) is 9.53 Å². The Bertz CT molecular complexity index is 748. The van der Waals surface area contributed by atoms with Gasteiger partial charge in [-0.3, -0.25) is 4.79 Å². The average molecular weight is 338 g/mol. The van der Waals surface area contributed by atoms with Crippen molar-refractivity contribution in [1.29, 1.82) is 0 Å². The highest BCUT2D eigenvalue weighted by atomic mass is 79.9. The number of esters is 1. The van der Waals surface area contributed by atoms with Crippen LogP contribution < -0.4 is 5.55 Å². The molecule has 0 atom stereocenters. The molecule has 2 aromatic rings. The van der Waals surface area contributed by atoms with Crippen molar-refractivity contribution in [2.45, 2.75) is 13.8 Å². The molecule has 6 heteroatoms. The van der Waals surface area contributed by atoms with Gasteiger partial charge < -0.3 is 9.15 Å². The second-order valence-electron chi connectivity index (χ2n) is 4.00. The molecule has 1 amide bonds. The molecule has 0 saturated heterocycles. The van der Waals surface area contributed by atoms with Gasteiger partial charge >= 0.3 is 5.97 Å². The smallest absolute Gasteiger partial charge is 0.343 e. The molecule has 20 heavy (non-hydrogen) atoms. The molecule has 1 aromatic carbocycles. The molecule has 0 bridgehead atoms. The van der Waals surface area contributed by atoms with E-state index in [1.54, 1.807) is 31.2 Å². The number of amides is 1. The molecule has 0 fully saturated rings. The van der Waals surface area contributed by atoms with Gasteiger partial charge in [-0.15, -0.1) is 0 Å². The normalized spacial score (nSPS) is 11.7. The maximum atomic E-state index is 11.9. The molecule has 0 aliphatic heterocycles. The predicted octanol–water partition coefficient (Wildman–Crippen LogP) is 2.82. The highest BCUT2D eigenvalue weighted by Gasteiger charge is 2.14. The van der Waals surface area contributed by atoms with E-state index in [2.05, 4.69) is 20.9 Å². The van der Waals surface area contributed by atoms with Crippen molar-refractivity contribution in [1.82, 2.24) is 0 Å². The maximum absolute atomic E-state index is 11.9. The molecule has 0 spiro atoms. The number of benzene rings is 1. The fraction of sp³-hybridized carbons (Fsp3) is 0.214. The summed E-state index contributed by atoms with van der Waals surface area (Å²) in [5, 5.41) is 0.713. The minimum Gasteiger partial charge on any atom is -0.462 e. The molecule has 0 N–H and O–H groups in total. The van der Waals surface area contributed by atoms with Gasteiger partial charge in [-0.05, 0) is 31.2 Å². The van der Waals surface area contributed by atoms with Crippen molar-refractivity contribution in [3.8, 4) is 0 Å². The molecule has 1 heterocycles. The number of ether oxygens (including phenoxy) is 1. The minimum absolute atomic E-state index is 0.0363. The SMILES string of the molecule is CCOC(=O)c1cc2cc(Br)ccc2oc1=NC(C)=O. The van der Waals surface area contributed by atoms with Gasteiger partial charge in [0.2, 0.25) is 11.5 Å². The number of carbonyl (C=O) groups is 2. The second kappa shape index (κ2) is 6.00. The number of halogens is 1. The lowest BCUT2D eigenvalue weighted by Gasteiger charge is -2.04. The fourth-order valence-electron chi connectivity index (χ4n) is 1.68. The molecular weight excluding hydrogens is 326 g/mol. The molecule has 0 saturated carbocycles. The number of hydrogen-bond donors (Lipinski definition) is 0. The minimum atomic E-state index is -0.571. The van der Waals surface area contributed by atoms with E-state index in [-0.39, 0.29) is 17.7 Å². The standard InChI is InChI=1S/C14H12BrNO4/c1-3-19-14(18)11-7-9-6-10(15)4-5-12(9)20-13(11)16-8(2)17/h4-7H,3H2,1-2H3. The van der Waals surface area contributed by atoms with Crippen molar-refractivity contribution in [3.05, 3.63) is 39.9 Å². The van der Waals surface area contributed by atoms with E-state index in [0.717, 1.165) is 4.47 Å². The van der Waals surface area contributed by atoms with Crippen LogP contribution in [0.15, 0.2) is 38.1 Å². The summed E-state index contributed by atoms with van der Waals surface area (Å²) < 4.78 is 11.3. The van der Waals surface area contributed by atoms with Crippen molar-refractivity contribution in [2.24, 2.45) is 4.99 Å². The fourth-order valence-corrected chi connectivity index (χ4v) is 2.06. The third-order valence-corrected chi connectivity index (χ3v) is 2.96. The first kappa shape index (κ1) is 14.5. The van der Waals surface area contributed by atoms with Crippen LogP contribution in [0.25, 0.3) is 11.0 Å². The molecular formula is C14H12BrNO4. The maximum Gasteiger partial charge on any atom is 0.343 e. The molecule has 1 aromatic heterocycles. The second-order valence-corrected chi connectivity index (χ2v) is 4.91. The van der Waals surface area contributed by atoms with Crippen molar-refractivity contribution >= 4 is 38.8 Å². The topological polar surface area (TPSA) is 68.9 Å². The molecule has 5 nitrogen and oxygen atoms in total. The van der Waals surface area contributed by atoms with Gasteiger partial charge in [0.25, 0.3) is 0 Å². The highest BCUT2D eigenvalue weighted by molar-refractivity contribution is 9.10. The number of nitrogens with zero attached hydrogens (tertiary/aromatic N) is 1. The third-order valence-electron chi connectivity index (χ3n) is 2.46. The van der Waals surface area contributed by atoms with Gasteiger partial charge in [0.1, 0.15) is 11.1 Å². The van der Waals surface area contributed by atoms with Gasteiger partial charge in [0, 0.05) is 16.8 Å². The van der Waals surface area contributed by atoms with E-state index in [1.165, 1.54) is 6.92 Å². The molecule has 0 unspecified atom stereocenters. The van der Waals surface area contributed by atoms with E-state index < -0.39 is 11.9 Å². The quantitative estimate of drug-likeness (QED) is 0.790. The summed E-state index contributed by atoms with van der Waals surface area (Å²) >= 11 is 3.35. The largest absolute Gasteiger partial charge is 0.462 e. The number of hydrogen-bond acceptors (Lipinski definition) is 4. The Morgan fingerprint density at radius 3 is 2.75 bits per heavy atom. The summed E-state index contributed by atoms with van der Waals surface area (Å²) in [5.74, 6) is -1.02. The lowest BCUT2D eigenvalue weighted by atomic mass is 10.2. The molecule has 0 aliphatic carbocycles. The summed E-state index contributed by atoms with van der Waals surface area (Å²) in [6.07, 6.45) is 0. The van der Waals surface area contributed by atoms with Gasteiger partial charge in [-0.2, -0.15) is 4.99 Å². The van der Waals surface area contributed by atoms with Crippen molar-refractivity contribution < 1.29 is 18.7 Å². The van der Waals surface area contributed by atoms with Crippen LogP contribution in [0.5, 0.6) is 0 Å². The average Bonchev–Trinajstić information content (AvgIpc) is 2.38. The van der Waals surface area contributed by atoms with E-state index >= 15 is 0 Å². The first-order valence-corrected chi connectivity index (χ1v) is 6.76. The molecule has 2 rings (SSSR count). The predicted molar refractivity (Wildman–Crippen MR) is 76.1 cm³/mol. The molecule has 0 aliphatic rings. The Morgan fingerprint density at radius 1 is 1.35 bits per heavy atom. The molecule has 0 radical (unpaired) electrons. The van der Waals surface area contributed by atoms with Crippen LogP contribution >= 0.6 is 15.9 Å². The van der Waals surface area contributed by atoms with Crippen LogP contribution in [0, 0.1) is 0 Å².